The second-order valence-electron chi connectivity index (χ2n) is 0. The number of rotatable bonds is 0. The summed E-state index contributed by atoms with van der Waals surface area (Å²) in [7, 11) is 0. The third kappa shape index (κ3) is 216. The molecule has 16 heavy (non-hydrogen) atoms. The van der Waals surface area contributed by atoms with Gasteiger partial charge in [-0.1, -0.05) is 0 Å². The fourth-order valence-electron chi connectivity index (χ4n) is 0. The number of hydrogen-bond acceptors (Lipinski definition) is 0. The molecular formula is Al3N7Ti6. The Labute approximate surface area is 221 Å². The predicted molar refractivity (Wildman–Crippen MR) is 40.8 cm³/mol. The molecule has 16 heteroatoms. The minimum Gasteiger partial charge on any atom is -3.00 e. The average Bonchev–Trinajstić information content (AvgIpc) is 0. The van der Waals surface area contributed by atoms with Crippen LogP contribution < -0.4 is 0 Å². The first-order valence-corrected chi connectivity index (χ1v) is 0. The Morgan fingerprint density at radius 3 is 0.250 bits per heavy atom. The number of nitrogens with zero attached hydrogens (tertiary/aromatic N) is 7. The molecule has 0 aromatic rings. The third-order valence-electron chi connectivity index (χ3n) is 0. The van der Waals surface area contributed by atoms with Crippen molar-refractivity contribution in [2.45, 2.75) is 0 Å². The molecule has 0 saturated heterocycles. The maximum Gasteiger partial charge on any atom is 4.00 e. The van der Waals surface area contributed by atoms with Gasteiger partial charge in [-0.15, -0.1) is 0 Å². The van der Waals surface area contributed by atoms with E-state index < -0.39 is 0 Å². The zero-order valence-corrected chi connectivity index (χ0v) is 20.7. The molecule has 0 spiro atoms. The van der Waals surface area contributed by atoms with E-state index in [1.54, 1.807) is 0 Å². The van der Waals surface area contributed by atoms with Gasteiger partial charge in [0.1, 0.15) is 0 Å². The molecular weight excluding hydrogens is 466 g/mol. The van der Waals surface area contributed by atoms with Crippen LogP contribution in [0.2, 0.25) is 0 Å². The zero-order chi connectivity index (χ0) is 0. The smallest absolute Gasteiger partial charge is 3.00 e. The standard InChI is InChI=1S/3Al.7N.6Ti/q3*+3;7*-3;;;;3*+4. The Kier molecular flexibility index (Phi) is 4600. The van der Waals surface area contributed by atoms with Crippen molar-refractivity contribution >= 4 is 52.1 Å². The Morgan fingerprint density at radius 2 is 0.250 bits per heavy atom. The van der Waals surface area contributed by atoms with Crippen LogP contribution in [-0.2, 0) is 130 Å². The molecule has 0 aliphatic heterocycles. The summed E-state index contributed by atoms with van der Waals surface area (Å²) < 4.78 is 0. The van der Waals surface area contributed by atoms with E-state index in [0.717, 1.165) is 0 Å². The number of hydrogen-bond donors (Lipinski definition) is 0. The van der Waals surface area contributed by atoms with Crippen LogP contribution in [0.4, 0.5) is 0 Å². The molecule has 0 radical (unpaired) electrons. The van der Waals surface area contributed by atoms with Gasteiger partial charge in [0.25, 0.3) is 0 Å². The van der Waals surface area contributed by atoms with Crippen LogP contribution >= 0.6 is 0 Å². The van der Waals surface area contributed by atoms with Crippen molar-refractivity contribution in [2.24, 2.45) is 0 Å². The van der Waals surface area contributed by atoms with E-state index in [0.29, 0.717) is 0 Å². The minimum atomic E-state index is 0. The summed E-state index contributed by atoms with van der Waals surface area (Å²) in [5.41, 5.74) is 0. The summed E-state index contributed by atoms with van der Waals surface area (Å²) in [5, 5.41) is 0. The molecule has 0 saturated carbocycles. The van der Waals surface area contributed by atoms with Crippen LogP contribution in [0.3, 0.4) is 0 Å². The van der Waals surface area contributed by atoms with Gasteiger partial charge in [0.15, 0.2) is 0 Å². The molecule has 0 unspecified atom stereocenters. The molecule has 0 amide bonds. The molecule has 0 N–H and O–H groups in total. The van der Waals surface area contributed by atoms with Gasteiger partial charge in [-0.3, -0.25) is 0 Å². The van der Waals surface area contributed by atoms with Crippen LogP contribution in [0.15, 0.2) is 0 Å². The first kappa shape index (κ1) is 292. The predicted octanol–water partition coefficient (Wildman–Crippen LogP) is 0.864. The van der Waals surface area contributed by atoms with E-state index in [1.807, 2.05) is 0 Å². The van der Waals surface area contributed by atoms with Gasteiger partial charge in [0, 0.05) is 65.2 Å². The first-order valence-electron chi connectivity index (χ1n) is 0. The average molecular weight is 466 g/mol. The molecule has 0 heterocycles. The Hall–Kier alpha value is 5.60. The molecule has 0 aromatic heterocycles. The summed E-state index contributed by atoms with van der Waals surface area (Å²) in [6.07, 6.45) is 0. The van der Waals surface area contributed by atoms with E-state index in [4.69, 9.17) is 0 Å². The minimum absolute atomic E-state index is 0. The maximum atomic E-state index is 0. The van der Waals surface area contributed by atoms with E-state index in [1.165, 1.54) is 0 Å². The Bertz CT molecular complexity index is 24.1. The van der Waals surface area contributed by atoms with E-state index >= 15 is 0 Å². The van der Waals surface area contributed by atoms with Gasteiger partial charge in [-0.2, -0.15) is 0 Å². The Balaban J connectivity index is 0. The van der Waals surface area contributed by atoms with Crippen LogP contribution in [0.25, 0.3) is 43.1 Å². The van der Waals surface area contributed by atoms with E-state index in [9.17, 15) is 0 Å². The summed E-state index contributed by atoms with van der Waals surface area (Å²) in [6.45, 7) is 0. The molecule has 0 aliphatic carbocycles. The summed E-state index contributed by atoms with van der Waals surface area (Å²) >= 11 is 0. The normalized spacial score (nSPS) is 0. The molecule has 0 aliphatic rings. The molecule has 0 bridgehead atoms. The van der Waals surface area contributed by atoms with E-state index in [2.05, 4.69) is 0 Å². The van der Waals surface area contributed by atoms with Gasteiger partial charge < -0.3 is 43.1 Å². The fraction of sp³-hybridized carbons (Fsp3) is 0. The van der Waals surface area contributed by atoms with Crippen LogP contribution in [-0.4, -0.2) is 52.1 Å². The summed E-state index contributed by atoms with van der Waals surface area (Å²) in [6, 6.07) is 0. The third-order valence-corrected chi connectivity index (χ3v) is 0. The summed E-state index contributed by atoms with van der Waals surface area (Å²) in [5.74, 6) is 0. The van der Waals surface area contributed by atoms with Gasteiger partial charge in [0.2, 0.25) is 0 Å². The van der Waals surface area contributed by atoms with Gasteiger partial charge in [-0.25, -0.2) is 0 Å². The van der Waals surface area contributed by atoms with Crippen molar-refractivity contribution < 1.29 is 130 Å². The first-order chi connectivity index (χ1) is 0. The monoisotopic (exact) mass is 467 g/mol. The maximum absolute atomic E-state index is 0. The summed E-state index contributed by atoms with van der Waals surface area (Å²) in [4.78, 5) is 0. The van der Waals surface area contributed by atoms with Crippen molar-refractivity contribution in [3.8, 4) is 0 Å². The molecule has 7 nitrogen and oxygen atoms in total. The van der Waals surface area contributed by atoms with Crippen LogP contribution in [0, 0.1) is 0 Å². The van der Waals surface area contributed by atoms with Crippen LogP contribution in [0.1, 0.15) is 0 Å². The molecule has 0 aromatic carbocycles. The van der Waals surface area contributed by atoms with Gasteiger partial charge in [0.05, 0.1) is 0 Å². The molecule has 0 atom stereocenters. The fourth-order valence-corrected chi connectivity index (χ4v) is 0. The molecule has 68 valence electrons. The quantitative estimate of drug-likeness (QED) is 0.454. The van der Waals surface area contributed by atoms with Gasteiger partial charge in [-0.05, 0) is 0 Å². The van der Waals surface area contributed by atoms with E-state index in [-0.39, 0.29) is 225 Å². The van der Waals surface area contributed by atoms with Crippen molar-refractivity contribution in [2.75, 3.05) is 0 Å². The zero-order valence-electron chi connectivity index (χ0n) is 7.86. The van der Waals surface area contributed by atoms with Crippen molar-refractivity contribution in [3.05, 3.63) is 43.1 Å². The van der Waals surface area contributed by atoms with Crippen LogP contribution in [0.5, 0.6) is 0 Å². The second kappa shape index (κ2) is 252. The topological polar surface area (TPSA) is 214 Å². The SMILES string of the molecule is [Al+3].[Al+3].[Al+3].[N-3].[N-3].[N-3].[N-3].[N-3].[N-3].[N-3].[Ti+4].[Ti+4].[Ti+4].[Ti].[Ti].[Ti]. The molecule has 0 rings (SSSR count). The second-order valence-corrected chi connectivity index (χ2v) is 0. The van der Waals surface area contributed by atoms with Crippen molar-refractivity contribution in [3.63, 3.8) is 0 Å². The molecule has 0 fully saturated rings. The van der Waals surface area contributed by atoms with Crippen molar-refractivity contribution in [1.29, 1.82) is 0 Å². The Morgan fingerprint density at radius 1 is 0.250 bits per heavy atom. The van der Waals surface area contributed by atoms with Crippen molar-refractivity contribution in [1.82, 2.24) is 0 Å². The largest absolute Gasteiger partial charge is 4.00 e. The van der Waals surface area contributed by atoms with Gasteiger partial charge >= 0.3 is 117 Å².